The number of nitrogens with one attached hydrogen (secondary N) is 1. The Morgan fingerprint density at radius 1 is 1.05 bits per heavy atom. The predicted octanol–water partition coefficient (Wildman–Crippen LogP) is 5.33. The molecule has 0 spiro atoms. The Morgan fingerprint density at radius 3 is 2.17 bits per heavy atom. The minimum Gasteiger partial charge on any atom is -0.358 e. The van der Waals surface area contributed by atoms with Gasteiger partial charge in [0.2, 0.25) is 5.91 Å². The van der Waals surface area contributed by atoms with Gasteiger partial charge in [-0.1, -0.05) is 25.1 Å². The predicted molar refractivity (Wildman–Crippen MR) is 128 cm³/mol. The zero-order chi connectivity index (χ0) is 29.9. The maximum absolute atomic E-state index is 14.9. The molecule has 5 nitrogen and oxygen atoms in total. The lowest BCUT2D eigenvalue weighted by molar-refractivity contribution is -0.348. The van der Waals surface area contributed by atoms with Crippen molar-refractivity contribution in [2.45, 2.75) is 72.4 Å². The molecule has 1 N–H and O–H groups in total. The third kappa shape index (κ3) is 4.29. The molecule has 1 amide bonds. The summed E-state index contributed by atoms with van der Waals surface area (Å²) in [6, 6.07) is 3.79. The Bertz CT molecular complexity index is 1380. The molecule has 4 rings (SSSR count). The number of hydrogen-bond acceptors (Lipinski definition) is 4. The number of carbonyl (C=O) groups excluding carboxylic acids is 1. The van der Waals surface area contributed by atoms with Crippen LogP contribution >= 0.6 is 0 Å². The lowest BCUT2D eigenvalue weighted by Crippen LogP contribution is -2.56. The molecule has 1 aliphatic heterocycles. The first-order chi connectivity index (χ1) is 18.5. The second kappa shape index (κ2) is 9.97. The molecule has 0 radical (unpaired) electrons. The van der Waals surface area contributed by atoms with Gasteiger partial charge < -0.3 is 5.32 Å². The molecule has 2 aromatic rings. The van der Waals surface area contributed by atoms with Gasteiger partial charge in [-0.15, -0.1) is 0 Å². The van der Waals surface area contributed by atoms with Crippen LogP contribution in [-0.4, -0.2) is 57.3 Å². The minimum atomic E-state index is -6.33. The van der Waals surface area contributed by atoms with Gasteiger partial charge in [-0.3, -0.25) is 9.69 Å². The smallest absolute Gasteiger partial charge is 0.358 e. The molecule has 1 fully saturated rings. The number of aryl methyl sites for hydroxylation is 1. The van der Waals surface area contributed by atoms with Crippen LogP contribution in [0.25, 0.3) is 0 Å². The summed E-state index contributed by atoms with van der Waals surface area (Å²) in [6.07, 6.45) is -12.8. The third-order valence-electron chi connectivity index (χ3n) is 8.05. The molecule has 40 heavy (non-hydrogen) atoms. The molecule has 0 saturated carbocycles. The van der Waals surface area contributed by atoms with Crippen LogP contribution in [0.1, 0.15) is 42.9 Å². The van der Waals surface area contributed by atoms with Crippen LogP contribution in [0.15, 0.2) is 47.4 Å². The van der Waals surface area contributed by atoms with E-state index in [1.807, 2.05) is 0 Å². The summed E-state index contributed by atoms with van der Waals surface area (Å²) in [4.78, 5) is 14.0. The van der Waals surface area contributed by atoms with Crippen LogP contribution in [0.5, 0.6) is 0 Å². The van der Waals surface area contributed by atoms with Crippen LogP contribution in [-0.2, 0) is 31.5 Å². The Balaban J connectivity index is 1.96. The van der Waals surface area contributed by atoms with E-state index < -0.39 is 62.0 Å². The molecule has 14 heteroatoms. The second-order valence-corrected chi connectivity index (χ2v) is 12.2. The van der Waals surface area contributed by atoms with Crippen molar-refractivity contribution in [1.29, 1.82) is 0 Å². The lowest BCUT2D eigenvalue weighted by atomic mass is 9.76. The number of carbonyl (C=O) groups is 1. The van der Waals surface area contributed by atoms with E-state index in [1.165, 1.54) is 7.05 Å². The zero-order valence-electron chi connectivity index (χ0n) is 21.3. The fourth-order valence-electron chi connectivity index (χ4n) is 6.20. The lowest BCUT2D eigenvalue weighted by Gasteiger charge is -2.44. The van der Waals surface area contributed by atoms with Crippen molar-refractivity contribution in [2.75, 3.05) is 13.6 Å². The topological polar surface area (TPSA) is 66.5 Å². The van der Waals surface area contributed by atoms with Crippen molar-refractivity contribution in [3.63, 3.8) is 0 Å². The third-order valence-corrected chi connectivity index (χ3v) is 10.6. The Hall–Kier alpha value is -2.74. The molecule has 1 unspecified atom stereocenters. The van der Waals surface area contributed by atoms with E-state index in [9.17, 15) is 48.3 Å². The number of sulfone groups is 1. The normalized spacial score (nSPS) is 22.9. The van der Waals surface area contributed by atoms with Gasteiger partial charge in [-0.05, 0) is 61.1 Å². The second-order valence-electron chi connectivity index (χ2n) is 9.95. The summed E-state index contributed by atoms with van der Waals surface area (Å²) in [5.41, 5.74) is -7.63. The van der Waals surface area contributed by atoms with Gasteiger partial charge in [-0.25, -0.2) is 17.2 Å². The van der Waals surface area contributed by atoms with Gasteiger partial charge >= 0.3 is 18.0 Å². The van der Waals surface area contributed by atoms with Crippen molar-refractivity contribution in [3.05, 3.63) is 65.0 Å². The first-order valence-electron chi connectivity index (χ1n) is 12.4. The molecule has 2 aromatic carbocycles. The quantitative estimate of drug-likeness (QED) is 0.361. The van der Waals surface area contributed by atoms with E-state index in [0.717, 1.165) is 30.3 Å². The monoisotopic (exact) mass is 598 g/mol. The standard InChI is InChI=1S/C26H26F8N2O3S/c1-3-20(22(37)35-2)36-13-12-23(40(38,39)18-8-6-17(27)7-9-18)19-10-5-16(14-15(19)4-11-21(23)36)24(28,25(29,30)31)26(32,33)34/h5-10,14,20-21H,3-4,11-13H2,1-2H3,(H,35,37)/t20?,21-,23-/m1/s1. The van der Waals surface area contributed by atoms with Gasteiger partial charge in [0.25, 0.3) is 0 Å². The Morgan fingerprint density at radius 2 is 1.65 bits per heavy atom. The van der Waals surface area contributed by atoms with E-state index in [4.69, 9.17) is 0 Å². The molecule has 0 aromatic heterocycles. The summed E-state index contributed by atoms with van der Waals surface area (Å²) < 4.78 is 136. The van der Waals surface area contributed by atoms with Crippen LogP contribution in [0.4, 0.5) is 35.1 Å². The highest BCUT2D eigenvalue weighted by Gasteiger charge is 2.73. The molecule has 0 bridgehead atoms. The summed E-state index contributed by atoms with van der Waals surface area (Å²) in [6.45, 7) is 1.78. The van der Waals surface area contributed by atoms with Gasteiger partial charge in [0.1, 0.15) is 10.6 Å². The fraction of sp³-hybridized carbons (Fsp3) is 0.500. The Kier molecular flexibility index (Phi) is 7.53. The van der Waals surface area contributed by atoms with Crippen molar-refractivity contribution in [1.82, 2.24) is 10.2 Å². The van der Waals surface area contributed by atoms with Gasteiger partial charge in [0.05, 0.1) is 10.9 Å². The number of benzene rings is 2. The summed E-state index contributed by atoms with van der Waals surface area (Å²) in [5, 5.41) is 2.52. The van der Waals surface area contributed by atoms with Gasteiger partial charge in [0, 0.05) is 25.2 Å². The first kappa shape index (κ1) is 30.2. The molecule has 1 heterocycles. The molecule has 220 valence electrons. The highest BCUT2D eigenvalue weighted by molar-refractivity contribution is 7.92. The fourth-order valence-corrected chi connectivity index (χ4v) is 8.57. The average molecular weight is 599 g/mol. The van der Waals surface area contributed by atoms with E-state index in [-0.39, 0.29) is 48.3 Å². The number of amides is 1. The van der Waals surface area contributed by atoms with E-state index >= 15 is 0 Å². The molecular weight excluding hydrogens is 572 g/mol. The highest BCUT2D eigenvalue weighted by Crippen LogP contribution is 2.57. The largest absolute Gasteiger partial charge is 0.435 e. The highest BCUT2D eigenvalue weighted by atomic mass is 32.2. The number of likely N-dealkylation sites (N-methyl/N-ethyl adjacent to an activating group) is 1. The van der Waals surface area contributed by atoms with Gasteiger partial charge in [-0.2, -0.15) is 26.3 Å². The number of likely N-dealkylation sites (tertiary alicyclic amines) is 1. The van der Waals surface area contributed by atoms with Gasteiger partial charge in [0.15, 0.2) is 9.84 Å². The van der Waals surface area contributed by atoms with E-state index in [2.05, 4.69) is 5.32 Å². The molecular formula is C26H26F8N2O3S. The van der Waals surface area contributed by atoms with E-state index in [0.29, 0.717) is 12.1 Å². The number of halogens is 8. The van der Waals surface area contributed by atoms with E-state index in [1.54, 1.807) is 11.8 Å². The molecule has 1 saturated heterocycles. The SMILES string of the molecule is CCC(C(=O)NC)N1CC[C@@]2(S(=O)(=O)c3ccc(F)cc3)c3ccc(C(F)(C(F)(F)F)C(F)(F)F)cc3CC[C@@H]12. The van der Waals surface area contributed by atoms with Crippen molar-refractivity contribution in [3.8, 4) is 0 Å². The summed E-state index contributed by atoms with van der Waals surface area (Å²) in [7, 11) is -3.07. The maximum Gasteiger partial charge on any atom is 0.435 e. The van der Waals surface area contributed by atoms with Crippen molar-refractivity contribution < 1.29 is 48.3 Å². The minimum absolute atomic E-state index is 0.0539. The van der Waals surface area contributed by atoms with Crippen LogP contribution in [0.2, 0.25) is 0 Å². The molecule has 3 atom stereocenters. The van der Waals surface area contributed by atoms with Crippen LogP contribution < -0.4 is 5.32 Å². The molecule has 2 aliphatic rings. The number of nitrogens with zero attached hydrogens (tertiary/aromatic N) is 1. The van der Waals surface area contributed by atoms with Crippen LogP contribution in [0, 0.1) is 5.82 Å². The molecule has 1 aliphatic carbocycles. The average Bonchev–Trinajstić information content (AvgIpc) is 3.28. The number of rotatable bonds is 6. The van der Waals surface area contributed by atoms with Crippen LogP contribution in [0.3, 0.4) is 0 Å². The maximum atomic E-state index is 14.9. The Labute approximate surface area is 225 Å². The van der Waals surface area contributed by atoms with Crippen molar-refractivity contribution in [2.24, 2.45) is 0 Å². The number of hydrogen-bond donors (Lipinski definition) is 1. The first-order valence-corrected chi connectivity index (χ1v) is 13.9. The summed E-state index contributed by atoms with van der Waals surface area (Å²) in [5.74, 6) is -1.12. The summed E-state index contributed by atoms with van der Waals surface area (Å²) >= 11 is 0. The number of fused-ring (bicyclic) bond motifs is 3. The number of alkyl halides is 7. The zero-order valence-corrected chi connectivity index (χ0v) is 22.2. The van der Waals surface area contributed by atoms with Crippen molar-refractivity contribution >= 4 is 15.7 Å².